The Balaban J connectivity index is 1.80. The molecule has 27 heavy (non-hydrogen) atoms. The minimum Gasteiger partial charge on any atom is -0.495 e. The topological polar surface area (TPSA) is 76.7 Å². The van der Waals surface area contributed by atoms with Gasteiger partial charge in [-0.15, -0.1) is 0 Å². The standard InChI is InChI=1S/C20H21ClN2O4/c1-12-6-4-5-7-14(12)22-18(24)20(8-9-20)19(25)23-15-11-16(26-2)13(21)10-17(15)27-3/h4-7,10-11H,8-9H2,1-3H3,(H,22,24)(H,23,25). The lowest BCUT2D eigenvalue weighted by Gasteiger charge is -2.18. The molecule has 2 aromatic rings. The lowest BCUT2D eigenvalue weighted by molar-refractivity contribution is -0.131. The van der Waals surface area contributed by atoms with Crippen LogP contribution < -0.4 is 20.1 Å². The zero-order valence-electron chi connectivity index (χ0n) is 15.4. The summed E-state index contributed by atoms with van der Waals surface area (Å²) in [6.45, 7) is 1.90. The predicted octanol–water partition coefficient (Wildman–Crippen LogP) is 4.02. The molecule has 0 aliphatic heterocycles. The van der Waals surface area contributed by atoms with Crippen molar-refractivity contribution in [3.05, 3.63) is 47.0 Å². The third-order valence-corrected chi connectivity index (χ3v) is 5.03. The number of hydrogen-bond acceptors (Lipinski definition) is 4. The van der Waals surface area contributed by atoms with Crippen molar-refractivity contribution in [3.8, 4) is 11.5 Å². The second-order valence-corrected chi connectivity index (χ2v) is 6.90. The van der Waals surface area contributed by atoms with E-state index in [0.717, 1.165) is 5.56 Å². The number of nitrogens with one attached hydrogen (secondary N) is 2. The van der Waals surface area contributed by atoms with E-state index in [0.29, 0.717) is 40.7 Å². The molecule has 0 heterocycles. The summed E-state index contributed by atoms with van der Waals surface area (Å²) in [4.78, 5) is 25.6. The number of rotatable bonds is 6. The van der Waals surface area contributed by atoms with Gasteiger partial charge < -0.3 is 20.1 Å². The minimum absolute atomic E-state index is 0.311. The molecule has 6 nitrogen and oxygen atoms in total. The first-order valence-electron chi connectivity index (χ1n) is 8.51. The number of anilines is 2. The van der Waals surface area contributed by atoms with Crippen LogP contribution in [0, 0.1) is 12.3 Å². The second kappa shape index (κ2) is 7.48. The van der Waals surface area contributed by atoms with Crippen LogP contribution >= 0.6 is 11.6 Å². The van der Waals surface area contributed by atoms with Crippen LogP contribution in [0.25, 0.3) is 0 Å². The number of carbonyl (C=O) groups excluding carboxylic acids is 2. The van der Waals surface area contributed by atoms with Crippen LogP contribution in [0.2, 0.25) is 5.02 Å². The molecule has 1 aliphatic rings. The van der Waals surface area contributed by atoms with E-state index in [9.17, 15) is 9.59 Å². The van der Waals surface area contributed by atoms with Crippen molar-refractivity contribution in [1.29, 1.82) is 0 Å². The van der Waals surface area contributed by atoms with Crippen LogP contribution in [-0.2, 0) is 9.59 Å². The molecule has 0 radical (unpaired) electrons. The van der Waals surface area contributed by atoms with Crippen LogP contribution in [0.15, 0.2) is 36.4 Å². The summed E-state index contributed by atoms with van der Waals surface area (Å²) in [5.41, 5.74) is 0.956. The predicted molar refractivity (Wildman–Crippen MR) is 105 cm³/mol. The number of ether oxygens (including phenoxy) is 2. The molecule has 0 unspecified atom stereocenters. The highest BCUT2D eigenvalue weighted by atomic mass is 35.5. The Kier molecular flexibility index (Phi) is 5.28. The molecule has 2 N–H and O–H groups in total. The van der Waals surface area contributed by atoms with Gasteiger partial charge in [0.1, 0.15) is 16.9 Å². The third-order valence-electron chi connectivity index (χ3n) is 4.73. The number of amides is 2. The lowest BCUT2D eigenvalue weighted by Crippen LogP contribution is -2.35. The van der Waals surface area contributed by atoms with Crippen molar-refractivity contribution in [3.63, 3.8) is 0 Å². The molecule has 0 spiro atoms. The maximum Gasteiger partial charge on any atom is 0.240 e. The summed E-state index contributed by atoms with van der Waals surface area (Å²) in [5.74, 6) is 0.108. The van der Waals surface area contributed by atoms with E-state index in [1.54, 1.807) is 12.1 Å². The average molecular weight is 389 g/mol. The van der Waals surface area contributed by atoms with E-state index in [-0.39, 0.29) is 11.8 Å². The highest BCUT2D eigenvalue weighted by Gasteiger charge is 2.56. The lowest BCUT2D eigenvalue weighted by atomic mass is 10.0. The Labute approximate surface area is 162 Å². The van der Waals surface area contributed by atoms with Gasteiger partial charge in [-0.2, -0.15) is 0 Å². The van der Waals surface area contributed by atoms with E-state index in [4.69, 9.17) is 21.1 Å². The van der Waals surface area contributed by atoms with E-state index >= 15 is 0 Å². The normalized spacial score (nSPS) is 14.2. The molecule has 1 aliphatic carbocycles. The molecule has 1 saturated carbocycles. The van der Waals surface area contributed by atoms with Crippen LogP contribution in [0.1, 0.15) is 18.4 Å². The molecule has 2 aromatic carbocycles. The molecule has 0 saturated heterocycles. The summed E-state index contributed by atoms with van der Waals surface area (Å²) in [5, 5.41) is 6.01. The highest BCUT2D eigenvalue weighted by Crippen LogP contribution is 2.48. The van der Waals surface area contributed by atoms with Gasteiger partial charge in [-0.1, -0.05) is 29.8 Å². The number of hydrogen-bond donors (Lipinski definition) is 2. The largest absolute Gasteiger partial charge is 0.495 e. The van der Waals surface area contributed by atoms with Crippen molar-refractivity contribution in [2.75, 3.05) is 24.9 Å². The molecule has 0 aromatic heterocycles. The summed E-state index contributed by atoms with van der Waals surface area (Å²) >= 11 is 6.09. The fraction of sp³-hybridized carbons (Fsp3) is 0.300. The maximum absolute atomic E-state index is 12.9. The van der Waals surface area contributed by atoms with Gasteiger partial charge in [0.05, 0.1) is 24.9 Å². The van der Waals surface area contributed by atoms with Crippen LogP contribution in [-0.4, -0.2) is 26.0 Å². The summed E-state index contributed by atoms with van der Waals surface area (Å²) < 4.78 is 10.5. The molecule has 142 valence electrons. The van der Waals surface area contributed by atoms with Crippen LogP contribution in [0.4, 0.5) is 11.4 Å². The number of halogens is 1. The van der Waals surface area contributed by atoms with E-state index in [2.05, 4.69) is 10.6 Å². The Hall–Kier alpha value is -2.73. The van der Waals surface area contributed by atoms with Crippen molar-refractivity contribution in [2.24, 2.45) is 5.41 Å². The molecule has 1 fully saturated rings. The molecular formula is C20H21ClN2O4. The van der Waals surface area contributed by atoms with Gasteiger partial charge in [-0.05, 0) is 31.4 Å². The zero-order valence-corrected chi connectivity index (χ0v) is 16.1. The van der Waals surface area contributed by atoms with Gasteiger partial charge >= 0.3 is 0 Å². The van der Waals surface area contributed by atoms with Gasteiger partial charge in [-0.25, -0.2) is 0 Å². The summed E-state index contributed by atoms with van der Waals surface area (Å²) in [6.07, 6.45) is 0.979. The van der Waals surface area contributed by atoms with Gasteiger partial charge in [0.2, 0.25) is 11.8 Å². The zero-order chi connectivity index (χ0) is 19.6. The van der Waals surface area contributed by atoms with Crippen molar-refractivity contribution < 1.29 is 19.1 Å². The Bertz CT molecular complexity index is 894. The highest BCUT2D eigenvalue weighted by molar-refractivity contribution is 6.32. The molecular weight excluding hydrogens is 368 g/mol. The SMILES string of the molecule is COc1cc(NC(=O)C2(C(=O)Nc3ccccc3C)CC2)c(OC)cc1Cl. The third kappa shape index (κ3) is 3.71. The number of methoxy groups -OCH3 is 2. The molecule has 7 heteroatoms. The van der Waals surface area contributed by atoms with Gasteiger partial charge in [0.15, 0.2) is 0 Å². The molecule has 2 amide bonds. The number of carbonyl (C=O) groups is 2. The summed E-state index contributed by atoms with van der Waals surface area (Å²) in [7, 11) is 2.96. The smallest absolute Gasteiger partial charge is 0.240 e. The van der Waals surface area contributed by atoms with E-state index in [1.165, 1.54) is 14.2 Å². The van der Waals surface area contributed by atoms with Gasteiger partial charge in [0.25, 0.3) is 0 Å². The maximum atomic E-state index is 12.9. The molecule has 0 bridgehead atoms. The van der Waals surface area contributed by atoms with Crippen molar-refractivity contribution in [1.82, 2.24) is 0 Å². The van der Waals surface area contributed by atoms with Crippen LogP contribution in [0.3, 0.4) is 0 Å². The summed E-state index contributed by atoms with van der Waals surface area (Å²) in [6, 6.07) is 10.6. The van der Waals surface area contributed by atoms with Crippen molar-refractivity contribution in [2.45, 2.75) is 19.8 Å². The fourth-order valence-corrected chi connectivity index (χ4v) is 3.07. The number of benzene rings is 2. The quantitative estimate of drug-likeness (QED) is 0.732. The number of para-hydroxylation sites is 1. The second-order valence-electron chi connectivity index (χ2n) is 6.49. The monoisotopic (exact) mass is 388 g/mol. The molecule has 0 atom stereocenters. The van der Waals surface area contributed by atoms with Crippen LogP contribution in [0.5, 0.6) is 11.5 Å². The first-order chi connectivity index (χ1) is 12.9. The van der Waals surface area contributed by atoms with Crippen molar-refractivity contribution >= 4 is 34.8 Å². The Morgan fingerprint density at radius 3 is 2.11 bits per heavy atom. The van der Waals surface area contributed by atoms with E-state index in [1.807, 2.05) is 31.2 Å². The Morgan fingerprint density at radius 2 is 1.56 bits per heavy atom. The first kappa shape index (κ1) is 19.0. The molecule has 3 rings (SSSR count). The van der Waals surface area contributed by atoms with Gasteiger partial charge in [-0.3, -0.25) is 9.59 Å². The first-order valence-corrected chi connectivity index (χ1v) is 8.89. The average Bonchev–Trinajstić information content (AvgIpc) is 3.46. The number of aryl methyl sites for hydroxylation is 1. The van der Waals surface area contributed by atoms with Gasteiger partial charge in [0, 0.05) is 17.8 Å². The minimum atomic E-state index is -1.08. The Morgan fingerprint density at radius 1 is 0.963 bits per heavy atom. The fourth-order valence-electron chi connectivity index (χ4n) is 2.84. The van der Waals surface area contributed by atoms with E-state index < -0.39 is 5.41 Å².